The summed E-state index contributed by atoms with van der Waals surface area (Å²) in [6.07, 6.45) is 3.51. The molecule has 0 amide bonds. The van der Waals surface area contributed by atoms with Crippen LogP contribution < -0.4 is 10.0 Å². The number of hydrogen-bond donors (Lipinski definition) is 2. The summed E-state index contributed by atoms with van der Waals surface area (Å²) in [6.45, 7) is 0.166. The van der Waals surface area contributed by atoms with Crippen molar-refractivity contribution in [2.24, 2.45) is 7.05 Å². The highest BCUT2D eigenvalue weighted by Gasteiger charge is 2.65. The first kappa shape index (κ1) is 21.5. The lowest BCUT2D eigenvalue weighted by molar-refractivity contribution is 0.364. The maximum atomic E-state index is 12.8. The Morgan fingerprint density at radius 3 is 2.28 bits per heavy atom. The van der Waals surface area contributed by atoms with Gasteiger partial charge in [0.1, 0.15) is 4.90 Å². The molecule has 0 saturated heterocycles. The molecule has 0 unspecified atom stereocenters. The van der Waals surface area contributed by atoms with Crippen LogP contribution in [0.1, 0.15) is 5.56 Å². The lowest BCUT2D eigenvalue weighted by Gasteiger charge is -2.40. The van der Waals surface area contributed by atoms with E-state index < -0.39 is 15.1 Å². The van der Waals surface area contributed by atoms with Gasteiger partial charge in [0.15, 0.2) is 0 Å². The van der Waals surface area contributed by atoms with E-state index in [-0.39, 0.29) is 6.54 Å². The molecule has 0 aliphatic rings. The van der Waals surface area contributed by atoms with Gasteiger partial charge in [-0.1, -0.05) is 31.6 Å². The largest absolute Gasteiger partial charge is 0.380 e. The van der Waals surface area contributed by atoms with E-state index in [0.717, 1.165) is 34.0 Å². The standard InChI is InChI=1S/C18H19F5N4S2/c1-24-28-14-5-8-17(16(9-14)18-11-27(2)12-26-18)25-10-13-3-6-15(7-4-13)29(19,20,21,22)23/h3-9,11-12,24-25H,10H2,1-2H3. The predicted octanol–water partition coefficient (Wildman–Crippen LogP) is 6.58. The van der Waals surface area contributed by atoms with Gasteiger partial charge in [-0.25, -0.2) is 4.98 Å². The number of aryl methyl sites for hydroxylation is 1. The van der Waals surface area contributed by atoms with E-state index in [9.17, 15) is 19.4 Å². The molecule has 3 aromatic rings. The van der Waals surface area contributed by atoms with Crippen LogP contribution >= 0.6 is 22.2 Å². The summed E-state index contributed by atoms with van der Waals surface area (Å²) >= 11 is 1.43. The lowest BCUT2D eigenvalue weighted by atomic mass is 10.1. The second-order valence-corrected chi connectivity index (χ2v) is 9.90. The highest BCUT2D eigenvalue weighted by molar-refractivity contribution is 8.45. The van der Waals surface area contributed by atoms with Gasteiger partial charge in [-0.05, 0) is 54.9 Å². The van der Waals surface area contributed by atoms with Crippen molar-refractivity contribution in [2.45, 2.75) is 16.3 Å². The average molecular weight is 451 g/mol. The molecule has 0 aliphatic heterocycles. The third-order valence-corrected chi connectivity index (χ3v) is 5.90. The maximum Gasteiger partial charge on any atom is 0.310 e. The smallest absolute Gasteiger partial charge is 0.310 e. The summed E-state index contributed by atoms with van der Waals surface area (Å²) < 4.78 is 69.0. The third-order valence-electron chi connectivity index (χ3n) is 4.04. The summed E-state index contributed by atoms with van der Waals surface area (Å²) in [6, 6.07) is 8.59. The zero-order valence-corrected chi connectivity index (χ0v) is 17.1. The van der Waals surface area contributed by atoms with Gasteiger partial charge in [-0.15, -0.1) is 0 Å². The molecule has 0 saturated carbocycles. The molecular weight excluding hydrogens is 431 g/mol. The SMILES string of the molecule is CNSc1ccc(NCc2ccc(S(F)(F)(F)(F)F)cc2)c(-c2cn(C)cn2)c1. The minimum absolute atomic E-state index is 0.166. The summed E-state index contributed by atoms with van der Waals surface area (Å²) in [4.78, 5) is 3.41. The van der Waals surface area contributed by atoms with Crippen molar-refractivity contribution in [1.82, 2.24) is 14.3 Å². The van der Waals surface area contributed by atoms with Gasteiger partial charge in [0.05, 0.1) is 12.0 Å². The molecule has 0 radical (unpaired) electrons. The fourth-order valence-electron chi connectivity index (χ4n) is 2.68. The Balaban J connectivity index is 1.84. The molecule has 11 heteroatoms. The van der Waals surface area contributed by atoms with Crippen LogP contribution in [0.25, 0.3) is 11.3 Å². The lowest BCUT2D eigenvalue weighted by Crippen LogP contribution is -2.07. The maximum absolute atomic E-state index is 12.8. The predicted molar refractivity (Wildman–Crippen MR) is 109 cm³/mol. The van der Waals surface area contributed by atoms with Gasteiger partial charge in [-0.3, -0.25) is 4.72 Å². The second kappa shape index (κ2) is 6.92. The van der Waals surface area contributed by atoms with Crippen LogP contribution in [0.15, 0.2) is 64.8 Å². The fraction of sp³-hybridized carbons (Fsp3) is 0.167. The quantitative estimate of drug-likeness (QED) is 0.315. The van der Waals surface area contributed by atoms with E-state index >= 15 is 0 Å². The van der Waals surface area contributed by atoms with Gasteiger partial charge in [0, 0.05) is 35.9 Å². The number of halogens is 5. The van der Waals surface area contributed by atoms with Crippen LogP contribution in [0.4, 0.5) is 25.1 Å². The Labute approximate surface area is 169 Å². The Kier molecular flexibility index (Phi) is 5.13. The molecule has 4 nitrogen and oxygen atoms in total. The summed E-state index contributed by atoms with van der Waals surface area (Å²) in [5, 5.41) is 3.15. The van der Waals surface area contributed by atoms with E-state index in [0.29, 0.717) is 17.7 Å². The minimum Gasteiger partial charge on any atom is -0.380 e. The first-order valence-electron chi connectivity index (χ1n) is 8.38. The van der Waals surface area contributed by atoms with Crippen LogP contribution in [-0.4, -0.2) is 16.6 Å². The minimum atomic E-state index is -9.66. The third kappa shape index (κ3) is 5.43. The van der Waals surface area contributed by atoms with Gasteiger partial charge in [-0.2, -0.15) is 0 Å². The van der Waals surface area contributed by atoms with E-state index in [1.54, 1.807) is 17.9 Å². The number of hydrogen-bond acceptors (Lipinski definition) is 4. The summed E-state index contributed by atoms with van der Waals surface area (Å²) in [5.41, 5.74) is 2.71. The molecule has 0 aliphatic carbocycles. The highest BCUT2D eigenvalue weighted by Crippen LogP contribution is 3.02. The Hall–Kier alpha value is -2.24. The van der Waals surface area contributed by atoms with Crippen molar-refractivity contribution >= 4 is 27.9 Å². The van der Waals surface area contributed by atoms with E-state index in [1.165, 1.54) is 11.9 Å². The first-order valence-corrected chi connectivity index (χ1v) is 11.2. The second-order valence-electron chi connectivity index (χ2n) is 6.40. The van der Waals surface area contributed by atoms with Crippen molar-refractivity contribution in [3.63, 3.8) is 0 Å². The highest BCUT2D eigenvalue weighted by atomic mass is 32.5. The molecule has 1 heterocycles. The monoisotopic (exact) mass is 450 g/mol. The van der Waals surface area contributed by atoms with E-state index in [4.69, 9.17) is 0 Å². The first-order chi connectivity index (χ1) is 13.4. The summed E-state index contributed by atoms with van der Waals surface area (Å²) in [7, 11) is -6.01. The fourth-order valence-corrected chi connectivity index (χ4v) is 3.88. The van der Waals surface area contributed by atoms with Crippen molar-refractivity contribution in [3.8, 4) is 11.3 Å². The number of imidazole rings is 1. The van der Waals surface area contributed by atoms with Crippen molar-refractivity contribution < 1.29 is 19.4 Å². The molecule has 1 aromatic heterocycles. The van der Waals surface area contributed by atoms with E-state index in [2.05, 4.69) is 15.0 Å². The molecule has 3 rings (SSSR count). The molecule has 0 bridgehead atoms. The van der Waals surface area contributed by atoms with Gasteiger partial charge in [0.2, 0.25) is 0 Å². The normalized spacial score (nSPS) is 14.3. The molecule has 2 aromatic carbocycles. The van der Waals surface area contributed by atoms with Crippen LogP contribution in [0.2, 0.25) is 0 Å². The van der Waals surface area contributed by atoms with Crippen molar-refractivity contribution in [1.29, 1.82) is 0 Å². The van der Waals surface area contributed by atoms with Crippen LogP contribution in [0, 0.1) is 0 Å². The number of rotatable bonds is 7. The van der Waals surface area contributed by atoms with Crippen LogP contribution in [-0.2, 0) is 13.6 Å². The molecule has 158 valence electrons. The molecule has 0 fully saturated rings. The van der Waals surface area contributed by atoms with Crippen LogP contribution in [0.5, 0.6) is 0 Å². The number of aromatic nitrogens is 2. The number of benzene rings is 2. The van der Waals surface area contributed by atoms with Gasteiger partial charge >= 0.3 is 10.2 Å². The van der Waals surface area contributed by atoms with Gasteiger partial charge < -0.3 is 9.88 Å². The zero-order chi connectivity index (χ0) is 21.3. The zero-order valence-electron chi connectivity index (χ0n) is 15.5. The van der Waals surface area contributed by atoms with Crippen molar-refractivity contribution in [3.05, 3.63) is 60.6 Å². The Morgan fingerprint density at radius 2 is 1.72 bits per heavy atom. The van der Waals surface area contributed by atoms with Gasteiger partial charge in [0.25, 0.3) is 0 Å². The molecule has 2 N–H and O–H groups in total. The van der Waals surface area contributed by atoms with Crippen LogP contribution in [0.3, 0.4) is 0 Å². The Morgan fingerprint density at radius 1 is 1.03 bits per heavy atom. The average Bonchev–Trinajstić information content (AvgIpc) is 3.05. The molecule has 0 atom stereocenters. The molecular formula is C18H19F5N4S2. The molecule has 29 heavy (non-hydrogen) atoms. The topological polar surface area (TPSA) is 41.9 Å². The number of anilines is 1. The number of nitrogens with zero attached hydrogens (tertiary/aromatic N) is 2. The summed E-state index contributed by atoms with van der Waals surface area (Å²) in [5.74, 6) is 0. The molecule has 0 spiro atoms. The van der Waals surface area contributed by atoms with E-state index in [1.807, 2.05) is 31.4 Å². The Bertz CT molecular complexity index is 1020. The number of nitrogens with one attached hydrogen (secondary N) is 2. The van der Waals surface area contributed by atoms with Crippen molar-refractivity contribution in [2.75, 3.05) is 12.4 Å².